The minimum atomic E-state index is 0.729. The number of nitrogens with zero attached hydrogens (tertiary/aromatic N) is 4. The summed E-state index contributed by atoms with van der Waals surface area (Å²) in [5.41, 5.74) is 0.974. The molecule has 0 atom stereocenters. The van der Waals surface area contributed by atoms with E-state index >= 15 is 0 Å². The molecule has 1 aromatic heterocycles. The minimum Gasteiger partial charge on any atom is -0.383 e. The van der Waals surface area contributed by atoms with E-state index in [1.807, 2.05) is 30.3 Å². The van der Waals surface area contributed by atoms with Gasteiger partial charge in [-0.05, 0) is 22.6 Å². The zero-order chi connectivity index (χ0) is 13.3. The highest BCUT2D eigenvalue weighted by molar-refractivity contribution is 7.99. The molecule has 1 heterocycles. The second-order valence-electron chi connectivity index (χ2n) is 3.80. The number of hydrogen-bond donors (Lipinski definition) is 1. The fourth-order valence-electron chi connectivity index (χ4n) is 1.51. The lowest BCUT2D eigenvalue weighted by molar-refractivity contribution is 0.200. The summed E-state index contributed by atoms with van der Waals surface area (Å²) >= 11 is 1.63. The maximum absolute atomic E-state index is 4.97. The summed E-state index contributed by atoms with van der Waals surface area (Å²) in [6, 6.07) is 9.88. The third kappa shape index (κ3) is 4.30. The van der Waals surface area contributed by atoms with E-state index in [0.717, 1.165) is 36.3 Å². The number of tetrazole rings is 1. The predicted octanol–water partition coefficient (Wildman–Crippen LogP) is 0.990. The van der Waals surface area contributed by atoms with Crippen molar-refractivity contribution in [1.82, 2.24) is 25.5 Å². The van der Waals surface area contributed by atoms with Crippen molar-refractivity contribution in [3.05, 3.63) is 30.3 Å². The fourth-order valence-corrected chi connectivity index (χ4v) is 2.30. The third-order valence-corrected chi connectivity index (χ3v) is 3.36. The molecule has 0 aliphatic carbocycles. The van der Waals surface area contributed by atoms with Gasteiger partial charge in [0.15, 0.2) is 0 Å². The van der Waals surface area contributed by atoms with Crippen molar-refractivity contribution in [3.63, 3.8) is 0 Å². The molecule has 102 valence electrons. The van der Waals surface area contributed by atoms with Crippen molar-refractivity contribution in [2.24, 2.45) is 0 Å². The van der Waals surface area contributed by atoms with Crippen molar-refractivity contribution in [2.75, 3.05) is 32.6 Å². The van der Waals surface area contributed by atoms with E-state index in [9.17, 15) is 0 Å². The van der Waals surface area contributed by atoms with Crippen molar-refractivity contribution < 1.29 is 4.74 Å². The van der Waals surface area contributed by atoms with Crippen LogP contribution in [0.25, 0.3) is 5.69 Å². The van der Waals surface area contributed by atoms with Crippen LogP contribution in [0.3, 0.4) is 0 Å². The number of hydrogen-bond acceptors (Lipinski definition) is 6. The van der Waals surface area contributed by atoms with Gasteiger partial charge in [0.25, 0.3) is 0 Å². The highest BCUT2D eigenvalue weighted by atomic mass is 32.2. The van der Waals surface area contributed by atoms with Crippen LogP contribution in [0.15, 0.2) is 35.5 Å². The summed E-state index contributed by atoms with van der Waals surface area (Å²) in [5.74, 6) is 0.914. The number of methoxy groups -OCH3 is 1. The van der Waals surface area contributed by atoms with Crippen LogP contribution >= 0.6 is 11.8 Å². The van der Waals surface area contributed by atoms with Crippen molar-refractivity contribution in [3.8, 4) is 5.69 Å². The van der Waals surface area contributed by atoms with Crippen LogP contribution in [-0.2, 0) is 4.74 Å². The van der Waals surface area contributed by atoms with Crippen molar-refractivity contribution in [2.45, 2.75) is 5.16 Å². The highest BCUT2D eigenvalue weighted by Crippen LogP contribution is 2.16. The van der Waals surface area contributed by atoms with Gasteiger partial charge in [-0.2, -0.15) is 4.68 Å². The molecular weight excluding hydrogens is 262 g/mol. The molecule has 0 radical (unpaired) electrons. The molecule has 0 saturated heterocycles. The first kappa shape index (κ1) is 14.0. The van der Waals surface area contributed by atoms with E-state index in [1.54, 1.807) is 23.6 Å². The van der Waals surface area contributed by atoms with E-state index in [4.69, 9.17) is 4.74 Å². The Bertz CT molecular complexity index is 476. The van der Waals surface area contributed by atoms with E-state index in [2.05, 4.69) is 20.8 Å². The number of benzene rings is 1. The van der Waals surface area contributed by atoms with Crippen LogP contribution < -0.4 is 5.32 Å². The van der Waals surface area contributed by atoms with Crippen LogP contribution in [0.4, 0.5) is 0 Å². The van der Waals surface area contributed by atoms with Crippen LogP contribution in [-0.4, -0.2) is 52.8 Å². The number of thioether (sulfide) groups is 1. The monoisotopic (exact) mass is 279 g/mol. The average Bonchev–Trinajstić information content (AvgIpc) is 2.92. The van der Waals surface area contributed by atoms with E-state index in [1.165, 1.54) is 0 Å². The molecule has 1 aromatic carbocycles. The van der Waals surface area contributed by atoms with E-state index in [-0.39, 0.29) is 0 Å². The number of ether oxygens (including phenoxy) is 1. The Morgan fingerprint density at radius 1 is 1.26 bits per heavy atom. The Morgan fingerprint density at radius 3 is 2.89 bits per heavy atom. The van der Waals surface area contributed by atoms with Gasteiger partial charge in [-0.3, -0.25) is 0 Å². The van der Waals surface area contributed by atoms with Crippen LogP contribution in [0.1, 0.15) is 0 Å². The minimum absolute atomic E-state index is 0.729. The smallest absolute Gasteiger partial charge is 0.214 e. The first-order valence-electron chi connectivity index (χ1n) is 6.08. The summed E-state index contributed by atoms with van der Waals surface area (Å²) in [6.45, 7) is 2.49. The van der Waals surface area contributed by atoms with Gasteiger partial charge in [0.1, 0.15) is 0 Å². The quantitative estimate of drug-likeness (QED) is 0.574. The highest BCUT2D eigenvalue weighted by Gasteiger charge is 2.07. The zero-order valence-electron chi connectivity index (χ0n) is 10.8. The van der Waals surface area contributed by atoms with Crippen LogP contribution in [0.5, 0.6) is 0 Å². The van der Waals surface area contributed by atoms with Gasteiger partial charge in [-0.15, -0.1) is 5.10 Å². The third-order valence-electron chi connectivity index (χ3n) is 2.43. The zero-order valence-corrected chi connectivity index (χ0v) is 11.6. The predicted molar refractivity (Wildman–Crippen MR) is 74.6 cm³/mol. The molecule has 0 spiro atoms. The number of nitrogens with one attached hydrogen (secondary N) is 1. The molecule has 0 fully saturated rings. The first-order chi connectivity index (χ1) is 9.42. The SMILES string of the molecule is COCCNCCSc1nnnn1-c1ccccc1. The van der Waals surface area contributed by atoms with Crippen molar-refractivity contribution in [1.29, 1.82) is 0 Å². The molecule has 0 amide bonds. The van der Waals surface area contributed by atoms with Gasteiger partial charge < -0.3 is 10.1 Å². The van der Waals surface area contributed by atoms with Gasteiger partial charge in [0.05, 0.1) is 12.3 Å². The largest absolute Gasteiger partial charge is 0.383 e. The average molecular weight is 279 g/mol. The van der Waals surface area contributed by atoms with Crippen LogP contribution in [0, 0.1) is 0 Å². The molecule has 1 N–H and O–H groups in total. The maximum atomic E-state index is 4.97. The molecule has 0 bridgehead atoms. The molecule has 7 heteroatoms. The Hall–Kier alpha value is -1.44. The second kappa shape index (κ2) is 7.88. The lowest BCUT2D eigenvalue weighted by Crippen LogP contribution is -2.21. The molecule has 2 rings (SSSR count). The second-order valence-corrected chi connectivity index (χ2v) is 4.86. The lowest BCUT2D eigenvalue weighted by Gasteiger charge is -2.05. The number of para-hydroxylation sites is 1. The maximum Gasteiger partial charge on any atom is 0.214 e. The summed E-state index contributed by atoms with van der Waals surface area (Å²) < 4.78 is 6.72. The summed E-state index contributed by atoms with van der Waals surface area (Å²) in [7, 11) is 1.70. The molecule has 0 aliphatic rings. The van der Waals surface area contributed by atoms with E-state index < -0.39 is 0 Å². The normalized spacial score (nSPS) is 10.8. The van der Waals surface area contributed by atoms with Gasteiger partial charge >= 0.3 is 0 Å². The summed E-state index contributed by atoms with van der Waals surface area (Å²) in [4.78, 5) is 0. The molecular formula is C12H17N5OS. The lowest BCUT2D eigenvalue weighted by atomic mass is 10.3. The molecule has 6 nitrogen and oxygen atoms in total. The standard InChI is InChI=1S/C12H17N5OS/c1-18-9-7-13-8-10-19-12-14-15-16-17(12)11-5-3-2-4-6-11/h2-6,13H,7-10H2,1H3. The van der Waals surface area contributed by atoms with Gasteiger partial charge in [0, 0.05) is 26.0 Å². The van der Waals surface area contributed by atoms with Gasteiger partial charge in [0.2, 0.25) is 5.16 Å². The number of rotatable bonds is 8. The van der Waals surface area contributed by atoms with Crippen molar-refractivity contribution >= 4 is 11.8 Å². The van der Waals surface area contributed by atoms with Gasteiger partial charge in [-0.25, -0.2) is 0 Å². The first-order valence-corrected chi connectivity index (χ1v) is 7.06. The molecule has 0 saturated carbocycles. The summed E-state index contributed by atoms with van der Waals surface area (Å²) in [5, 5.41) is 15.9. The fraction of sp³-hybridized carbons (Fsp3) is 0.417. The Morgan fingerprint density at radius 2 is 2.11 bits per heavy atom. The van der Waals surface area contributed by atoms with Crippen LogP contribution in [0.2, 0.25) is 0 Å². The number of aromatic nitrogens is 4. The Kier molecular flexibility index (Phi) is 5.80. The molecule has 2 aromatic rings. The molecule has 19 heavy (non-hydrogen) atoms. The topological polar surface area (TPSA) is 64.9 Å². The summed E-state index contributed by atoms with van der Waals surface area (Å²) in [6.07, 6.45) is 0. The Balaban J connectivity index is 1.83. The van der Waals surface area contributed by atoms with Gasteiger partial charge in [-0.1, -0.05) is 30.0 Å². The molecule has 0 aliphatic heterocycles. The Labute approximate surface area is 116 Å². The van der Waals surface area contributed by atoms with E-state index in [0.29, 0.717) is 0 Å². The molecule has 0 unspecified atom stereocenters.